The summed E-state index contributed by atoms with van der Waals surface area (Å²) in [5.74, 6) is 0.0862. The molecule has 4 saturated heterocycles. The molecule has 1 N–H and O–H groups in total. The second kappa shape index (κ2) is 14.6. The van der Waals surface area contributed by atoms with Gasteiger partial charge in [-0.1, -0.05) is 23.7 Å². The van der Waals surface area contributed by atoms with Crippen LogP contribution in [0.5, 0.6) is 0 Å². The zero-order chi connectivity index (χ0) is 38.2. The van der Waals surface area contributed by atoms with Crippen molar-refractivity contribution in [3.8, 4) is 0 Å². The van der Waals surface area contributed by atoms with Gasteiger partial charge in [0.2, 0.25) is 11.8 Å². The lowest BCUT2D eigenvalue weighted by molar-refractivity contribution is -0.151. The summed E-state index contributed by atoms with van der Waals surface area (Å²) in [6, 6.07) is 12.9. The number of hydrogen-bond acceptors (Lipinski definition) is 9. The maximum atomic E-state index is 13.4. The molecular formula is C39H48ClN7O6. The third kappa shape index (κ3) is 7.81. The molecule has 53 heavy (non-hydrogen) atoms. The molecule has 0 saturated carbocycles. The highest BCUT2D eigenvalue weighted by Crippen LogP contribution is 2.57. The van der Waals surface area contributed by atoms with E-state index in [9.17, 15) is 19.2 Å². The average Bonchev–Trinajstić information content (AvgIpc) is 3.12. The van der Waals surface area contributed by atoms with E-state index in [1.807, 2.05) is 77.9 Å². The van der Waals surface area contributed by atoms with Crippen LogP contribution in [-0.2, 0) is 19.1 Å². The number of rotatable bonds is 3. The van der Waals surface area contributed by atoms with Crippen molar-refractivity contribution < 1.29 is 28.7 Å². The highest BCUT2D eigenvalue weighted by Gasteiger charge is 2.63. The number of β-lactam (4-membered cyclic amide) rings is 2. The molecule has 0 aromatic carbocycles. The first-order valence-corrected chi connectivity index (χ1v) is 18.4. The lowest BCUT2D eigenvalue weighted by Gasteiger charge is -2.58. The number of nitrogens with zero attached hydrogens (tertiary/aromatic N) is 6. The van der Waals surface area contributed by atoms with E-state index in [0.717, 1.165) is 11.4 Å². The van der Waals surface area contributed by atoms with Crippen molar-refractivity contribution >= 4 is 41.3 Å². The molecule has 3 aromatic rings. The molecule has 4 aliphatic rings. The Morgan fingerprint density at radius 3 is 1.74 bits per heavy atom. The van der Waals surface area contributed by atoms with Crippen LogP contribution < -0.4 is 10.2 Å². The Morgan fingerprint density at radius 2 is 1.28 bits per heavy atom. The van der Waals surface area contributed by atoms with Crippen molar-refractivity contribution in [3.05, 3.63) is 83.7 Å². The maximum Gasteiger partial charge on any atom is 0.410 e. The Kier molecular flexibility index (Phi) is 10.4. The van der Waals surface area contributed by atoms with Crippen LogP contribution in [0.15, 0.2) is 67.3 Å². The standard InChI is InChI=1S/C22H25ClN4O3.C17H23N3O3/c1-21(2,3)30-20(29)26-10-7-22(8-11-26)18(17-6-4-5-9-25-17)27(19(22)28)16-12-15(23)13-24-14-16;1-16(2,3)23-15(22)20-10-7-17(8-11-20)13(19-14(17)21)12-6-4-5-9-18-12/h4-6,9,12-14,18H,7-8,10-11H2,1-3H3;4-6,9,13H,7-8,10-11H2,1-3H3,(H,19,21). The van der Waals surface area contributed by atoms with E-state index >= 15 is 0 Å². The zero-order valence-electron chi connectivity index (χ0n) is 31.2. The molecule has 4 amide bonds. The molecule has 13 nitrogen and oxygen atoms in total. The molecule has 7 rings (SSSR count). The van der Waals surface area contributed by atoms with E-state index in [4.69, 9.17) is 21.1 Å². The largest absolute Gasteiger partial charge is 0.444 e. The van der Waals surface area contributed by atoms with E-state index in [0.29, 0.717) is 62.6 Å². The quantitative estimate of drug-likeness (QED) is 0.297. The summed E-state index contributed by atoms with van der Waals surface area (Å²) in [5.41, 5.74) is 0.272. The lowest BCUT2D eigenvalue weighted by atomic mass is 9.63. The van der Waals surface area contributed by atoms with Crippen LogP contribution in [0.25, 0.3) is 0 Å². The van der Waals surface area contributed by atoms with Gasteiger partial charge in [0.15, 0.2) is 0 Å². The summed E-state index contributed by atoms with van der Waals surface area (Å²) < 4.78 is 10.9. The number of carbonyl (C=O) groups excluding carboxylic acids is 4. The number of hydrogen-bond donors (Lipinski definition) is 1. The zero-order valence-corrected chi connectivity index (χ0v) is 31.9. The number of aromatic nitrogens is 3. The van der Waals surface area contributed by atoms with Crippen LogP contribution in [0.4, 0.5) is 15.3 Å². The number of likely N-dealkylation sites (tertiary alicyclic amines) is 2. The van der Waals surface area contributed by atoms with Gasteiger partial charge in [-0.25, -0.2) is 9.59 Å². The fourth-order valence-electron chi connectivity index (χ4n) is 7.61. The van der Waals surface area contributed by atoms with Gasteiger partial charge in [0.1, 0.15) is 11.2 Å². The van der Waals surface area contributed by atoms with E-state index in [2.05, 4.69) is 20.3 Å². The Bertz CT molecular complexity index is 1810. The third-order valence-electron chi connectivity index (χ3n) is 10.2. The first-order valence-electron chi connectivity index (χ1n) is 18.1. The van der Waals surface area contributed by atoms with Gasteiger partial charge in [-0.15, -0.1) is 0 Å². The SMILES string of the molecule is CC(C)(C)OC(=O)N1CCC2(CC1)C(=O)N(c1cncc(Cl)c1)C2c1ccccn1.CC(C)(C)OC(=O)N1CCC2(CC1)C(=O)NC2c1ccccn1. The summed E-state index contributed by atoms with van der Waals surface area (Å²) in [6.07, 6.45) is 8.39. The Labute approximate surface area is 315 Å². The monoisotopic (exact) mass is 745 g/mol. The van der Waals surface area contributed by atoms with Crippen molar-refractivity contribution in [1.29, 1.82) is 0 Å². The van der Waals surface area contributed by atoms with Gasteiger partial charge < -0.3 is 29.5 Å². The molecule has 7 heterocycles. The number of carbonyl (C=O) groups is 4. The third-order valence-corrected chi connectivity index (χ3v) is 10.4. The van der Waals surface area contributed by atoms with Gasteiger partial charge in [0.25, 0.3) is 0 Å². The second-order valence-electron chi connectivity index (χ2n) is 16.1. The molecular weight excluding hydrogens is 698 g/mol. The summed E-state index contributed by atoms with van der Waals surface area (Å²) >= 11 is 6.12. The first kappa shape index (κ1) is 38.0. The molecule has 2 atom stereocenters. The smallest absolute Gasteiger partial charge is 0.410 e. The van der Waals surface area contributed by atoms with Gasteiger partial charge >= 0.3 is 12.2 Å². The van der Waals surface area contributed by atoms with Crippen molar-refractivity contribution in [3.63, 3.8) is 0 Å². The lowest BCUT2D eigenvalue weighted by Crippen LogP contribution is -2.67. The topological polar surface area (TPSA) is 147 Å². The molecule has 0 aliphatic carbocycles. The summed E-state index contributed by atoms with van der Waals surface area (Å²) in [6.45, 7) is 13.1. The van der Waals surface area contributed by atoms with Crippen molar-refractivity contribution in [2.24, 2.45) is 10.8 Å². The maximum absolute atomic E-state index is 13.4. The van der Waals surface area contributed by atoms with Crippen LogP contribution in [0.1, 0.15) is 90.7 Å². The Balaban J connectivity index is 0.000000188. The number of amides is 4. The van der Waals surface area contributed by atoms with Gasteiger partial charge in [0, 0.05) is 44.8 Å². The normalized spacial score (nSPS) is 21.8. The van der Waals surface area contributed by atoms with E-state index in [1.165, 1.54) is 0 Å². The number of anilines is 1. The molecule has 282 valence electrons. The molecule has 2 spiro atoms. The molecule has 0 radical (unpaired) electrons. The number of ether oxygens (including phenoxy) is 2. The molecule has 3 aromatic heterocycles. The Hall–Kier alpha value is -4.78. The van der Waals surface area contributed by atoms with E-state index < -0.39 is 22.0 Å². The van der Waals surface area contributed by atoms with Gasteiger partial charge in [0.05, 0.1) is 51.2 Å². The summed E-state index contributed by atoms with van der Waals surface area (Å²) in [7, 11) is 0. The van der Waals surface area contributed by atoms with Crippen molar-refractivity contribution in [2.45, 2.75) is 90.5 Å². The number of halogens is 1. The molecule has 14 heteroatoms. The van der Waals surface area contributed by atoms with E-state index in [-0.39, 0.29) is 36.1 Å². The van der Waals surface area contributed by atoms with Crippen LogP contribution in [-0.4, -0.2) is 86.1 Å². The molecule has 4 aliphatic heterocycles. The van der Waals surface area contributed by atoms with Gasteiger partial charge in [-0.05, 0) is 97.6 Å². The number of nitrogens with one attached hydrogen (secondary N) is 1. The minimum atomic E-state index is -0.602. The van der Waals surface area contributed by atoms with Crippen molar-refractivity contribution in [1.82, 2.24) is 30.1 Å². The molecule has 2 unspecified atom stereocenters. The molecule has 4 fully saturated rings. The van der Waals surface area contributed by atoms with E-state index in [1.54, 1.807) is 45.6 Å². The summed E-state index contributed by atoms with van der Waals surface area (Å²) in [4.78, 5) is 68.4. The fraction of sp³-hybridized carbons (Fsp3) is 0.513. The molecule has 0 bridgehead atoms. The number of pyridine rings is 3. The number of piperidine rings is 2. The van der Waals surface area contributed by atoms with Crippen LogP contribution >= 0.6 is 11.6 Å². The fourth-order valence-corrected chi connectivity index (χ4v) is 7.78. The predicted octanol–water partition coefficient (Wildman–Crippen LogP) is 6.51. The van der Waals surface area contributed by atoms with Crippen LogP contribution in [0.2, 0.25) is 5.02 Å². The highest BCUT2D eigenvalue weighted by atomic mass is 35.5. The predicted molar refractivity (Wildman–Crippen MR) is 198 cm³/mol. The first-order chi connectivity index (χ1) is 25.0. The minimum Gasteiger partial charge on any atom is -0.444 e. The van der Waals surface area contributed by atoms with Gasteiger partial charge in [-0.2, -0.15) is 0 Å². The van der Waals surface area contributed by atoms with Gasteiger partial charge in [-0.3, -0.25) is 24.5 Å². The minimum absolute atomic E-state index is 0.0195. The Morgan fingerprint density at radius 1 is 0.774 bits per heavy atom. The van der Waals surface area contributed by atoms with Crippen LogP contribution in [0, 0.1) is 10.8 Å². The average molecular weight is 746 g/mol. The second-order valence-corrected chi connectivity index (χ2v) is 16.5. The highest BCUT2D eigenvalue weighted by molar-refractivity contribution is 6.30. The summed E-state index contributed by atoms with van der Waals surface area (Å²) in [5, 5.41) is 3.44. The van der Waals surface area contributed by atoms with Crippen molar-refractivity contribution in [2.75, 3.05) is 31.1 Å². The van der Waals surface area contributed by atoms with Crippen LogP contribution in [0.3, 0.4) is 0 Å².